The van der Waals surface area contributed by atoms with E-state index in [9.17, 15) is 0 Å². The highest BCUT2D eigenvalue weighted by molar-refractivity contribution is 6.31. The molecule has 1 aromatic rings. The van der Waals surface area contributed by atoms with E-state index in [2.05, 4.69) is 5.32 Å². The van der Waals surface area contributed by atoms with Crippen molar-refractivity contribution in [3.63, 3.8) is 0 Å². The van der Waals surface area contributed by atoms with Crippen LogP contribution >= 0.6 is 11.6 Å². The molecule has 0 amide bonds. The molecule has 2 nitrogen and oxygen atoms in total. The van der Waals surface area contributed by atoms with Crippen LogP contribution in [0.5, 0.6) is 5.75 Å². The molecule has 1 aromatic carbocycles. The maximum absolute atomic E-state index is 6.16. The summed E-state index contributed by atoms with van der Waals surface area (Å²) in [5.74, 6) is 0.820. The number of ether oxygens (including phenoxy) is 1. The van der Waals surface area contributed by atoms with Crippen LogP contribution in [0.1, 0.15) is 24.8 Å². The minimum Gasteiger partial charge on any atom is -0.497 e. The first-order chi connectivity index (χ1) is 7.79. The van der Waals surface area contributed by atoms with Crippen LogP contribution in [0.25, 0.3) is 0 Å². The lowest BCUT2D eigenvalue weighted by Crippen LogP contribution is -2.36. The number of benzene rings is 1. The van der Waals surface area contributed by atoms with Crippen LogP contribution in [0, 0.1) is 0 Å². The molecule has 0 saturated heterocycles. The van der Waals surface area contributed by atoms with E-state index in [4.69, 9.17) is 16.3 Å². The van der Waals surface area contributed by atoms with Gasteiger partial charge in [-0.05, 0) is 43.5 Å². The molecule has 0 atom stereocenters. The SMILES string of the molecule is COc1ccc(CCNC2CCC2)c(Cl)c1. The van der Waals surface area contributed by atoms with E-state index < -0.39 is 0 Å². The molecule has 0 aromatic heterocycles. The van der Waals surface area contributed by atoms with Crippen LogP contribution in [0.2, 0.25) is 5.02 Å². The average molecular weight is 240 g/mol. The van der Waals surface area contributed by atoms with Crippen molar-refractivity contribution in [3.05, 3.63) is 28.8 Å². The zero-order valence-corrected chi connectivity index (χ0v) is 10.4. The van der Waals surface area contributed by atoms with Crippen molar-refractivity contribution in [2.45, 2.75) is 31.7 Å². The Balaban J connectivity index is 1.83. The summed E-state index contributed by atoms with van der Waals surface area (Å²) < 4.78 is 5.12. The molecule has 2 rings (SSSR count). The number of methoxy groups -OCH3 is 1. The summed E-state index contributed by atoms with van der Waals surface area (Å²) in [5, 5.41) is 4.33. The van der Waals surface area contributed by atoms with E-state index in [1.807, 2.05) is 18.2 Å². The van der Waals surface area contributed by atoms with Gasteiger partial charge in [0.2, 0.25) is 0 Å². The molecule has 1 aliphatic carbocycles. The fraction of sp³-hybridized carbons (Fsp3) is 0.538. The predicted molar refractivity (Wildman–Crippen MR) is 67.3 cm³/mol. The minimum atomic E-state index is 0.747. The van der Waals surface area contributed by atoms with E-state index in [1.54, 1.807) is 7.11 Å². The lowest BCUT2D eigenvalue weighted by Gasteiger charge is -2.26. The van der Waals surface area contributed by atoms with Gasteiger partial charge in [0.15, 0.2) is 0 Å². The van der Waals surface area contributed by atoms with Gasteiger partial charge in [-0.2, -0.15) is 0 Å². The third-order valence-corrected chi connectivity index (χ3v) is 3.54. The summed E-state index contributed by atoms with van der Waals surface area (Å²) >= 11 is 6.16. The average Bonchev–Trinajstić information content (AvgIpc) is 2.23. The van der Waals surface area contributed by atoms with Crippen molar-refractivity contribution >= 4 is 11.6 Å². The Morgan fingerprint density at radius 1 is 1.44 bits per heavy atom. The van der Waals surface area contributed by atoms with Crippen molar-refractivity contribution in [2.24, 2.45) is 0 Å². The van der Waals surface area contributed by atoms with Crippen LogP contribution in [0.15, 0.2) is 18.2 Å². The molecule has 88 valence electrons. The van der Waals surface area contributed by atoms with Gasteiger partial charge in [0, 0.05) is 11.1 Å². The van der Waals surface area contributed by atoms with Crippen molar-refractivity contribution in [1.29, 1.82) is 0 Å². The Bertz CT molecular complexity index is 350. The van der Waals surface area contributed by atoms with E-state index in [0.29, 0.717) is 0 Å². The van der Waals surface area contributed by atoms with Crippen molar-refractivity contribution in [3.8, 4) is 5.75 Å². The second-order valence-electron chi connectivity index (χ2n) is 4.29. The van der Waals surface area contributed by atoms with Gasteiger partial charge in [0.05, 0.1) is 7.11 Å². The molecular weight excluding hydrogens is 222 g/mol. The number of rotatable bonds is 5. The maximum Gasteiger partial charge on any atom is 0.120 e. The fourth-order valence-corrected chi connectivity index (χ4v) is 2.15. The molecule has 1 saturated carbocycles. The van der Waals surface area contributed by atoms with Crippen LogP contribution < -0.4 is 10.1 Å². The van der Waals surface area contributed by atoms with Crippen LogP contribution in [0.4, 0.5) is 0 Å². The van der Waals surface area contributed by atoms with Gasteiger partial charge in [-0.1, -0.05) is 24.1 Å². The molecule has 0 aliphatic heterocycles. The monoisotopic (exact) mass is 239 g/mol. The van der Waals surface area contributed by atoms with E-state index in [1.165, 1.54) is 24.8 Å². The molecular formula is C13H18ClNO. The third-order valence-electron chi connectivity index (χ3n) is 3.19. The van der Waals surface area contributed by atoms with Gasteiger partial charge < -0.3 is 10.1 Å². The van der Waals surface area contributed by atoms with Crippen molar-refractivity contribution < 1.29 is 4.74 Å². The number of halogens is 1. The van der Waals surface area contributed by atoms with E-state index >= 15 is 0 Å². The summed E-state index contributed by atoms with van der Waals surface area (Å²) in [7, 11) is 1.66. The molecule has 0 radical (unpaired) electrons. The molecule has 1 N–H and O–H groups in total. The number of nitrogens with one attached hydrogen (secondary N) is 1. The van der Waals surface area contributed by atoms with Crippen molar-refractivity contribution in [2.75, 3.05) is 13.7 Å². The highest BCUT2D eigenvalue weighted by Crippen LogP contribution is 2.23. The van der Waals surface area contributed by atoms with E-state index in [0.717, 1.165) is 29.8 Å². The Morgan fingerprint density at radius 2 is 2.25 bits per heavy atom. The summed E-state index contributed by atoms with van der Waals surface area (Å²) in [6.45, 7) is 1.01. The fourth-order valence-electron chi connectivity index (χ4n) is 1.88. The molecule has 0 bridgehead atoms. The molecule has 1 aliphatic rings. The molecule has 0 unspecified atom stereocenters. The normalized spacial score (nSPS) is 15.9. The first-order valence-corrected chi connectivity index (χ1v) is 6.23. The number of hydrogen-bond acceptors (Lipinski definition) is 2. The topological polar surface area (TPSA) is 21.3 Å². The predicted octanol–water partition coefficient (Wildman–Crippen LogP) is 3.03. The quantitative estimate of drug-likeness (QED) is 0.853. The molecule has 16 heavy (non-hydrogen) atoms. The first kappa shape index (κ1) is 11.7. The van der Waals surface area contributed by atoms with Gasteiger partial charge in [-0.15, -0.1) is 0 Å². The minimum absolute atomic E-state index is 0.747. The highest BCUT2D eigenvalue weighted by atomic mass is 35.5. The summed E-state index contributed by atoms with van der Waals surface area (Å²) in [5.41, 5.74) is 1.19. The van der Waals surface area contributed by atoms with Gasteiger partial charge in [0.1, 0.15) is 5.75 Å². The Kier molecular flexibility index (Phi) is 4.08. The Labute approximate surface area is 102 Å². The number of hydrogen-bond donors (Lipinski definition) is 1. The summed E-state index contributed by atoms with van der Waals surface area (Å²) in [6, 6.07) is 6.63. The molecule has 0 spiro atoms. The lowest BCUT2D eigenvalue weighted by atomic mass is 9.93. The smallest absolute Gasteiger partial charge is 0.120 e. The van der Waals surface area contributed by atoms with Crippen LogP contribution in [-0.2, 0) is 6.42 Å². The first-order valence-electron chi connectivity index (χ1n) is 5.85. The Hall–Kier alpha value is -0.730. The zero-order valence-electron chi connectivity index (χ0n) is 9.63. The van der Waals surface area contributed by atoms with Gasteiger partial charge in [-0.25, -0.2) is 0 Å². The van der Waals surface area contributed by atoms with Gasteiger partial charge in [-0.3, -0.25) is 0 Å². The second-order valence-corrected chi connectivity index (χ2v) is 4.70. The van der Waals surface area contributed by atoms with Crippen molar-refractivity contribution in [1.82, 2.24) is 5.32 Å². The van der Waals surface area contributed by atoms with Gasteiger partial charge in [0.25, 0.3) is 0 Å². The molecule has 0 heterocycles. The lowest BCUT2D eigenvalue weighted by molar-refractivity contribution is 0.342. The van der Waals surface area contributed by atoms with Gasteiger partial charge >= 0.3 is 0 Å². The third kappa shape index (κ3) is 2.89. The zero-order chi connectivity index (χ0) is 11.4. The summed E-state index contributed by atoms with van der Waals surface area (Å²) in [6.07, 6.45) is 5.02. The van der Waals surface area contributed by atoms with Crippen LogP contribution in [0.3, 0.4) is 0 Å². The van der Waals surface area contributed by atoms with E-state index in [-0.39, 0.29) is 0 Å². The van der Waals surface area contributed by atoms with Crippen LogP contribution in [-0.4, -0.2) is 19.7 Å². The molecule has 3 heteroatoms. The standard InChI is InChI=1S/C13H18ClNO/c1-16-12-6-5-10(13(14)9-12)7-8-15-11-3-2-4-11/h5-6,9,11,15H,2-4,7-8H2,1H3. The largest absolute Gasteiger partial charge is 0.497 e. The Morgan fingerprint density at radius 3 is 2.81 bits per heavy atom. The molecule has 1 fully saturated rings. The summed E-state index contributed by atoms with van der Waals surface area (Å²) in [4.78, 5) is 0. The maximum atomic E-state index is 6.16. The second kappa shape index (κ2) is 5.55. The highest BCUT2D eigenvalue weighted by Gasteiger charge is 2.15.